The Balaban J connectivity index is 2.95. The van der Waals surface area contributed by atoms with Crippen molar-refractivity contribution in [3.8, 4) is 0 Å². The Morgan fingerprint density at radius 3 is 2.39 bits per heavy atom. The first kappa shape index (κ1) is 14.0. The van der Waals surface area contributed by atoms with Gasteiger partial charge in [-0.1, -0.05) is 0 Å². The van der Waals surface area contributed by atoms with E-state index >= 15 is 0 Å². The maximum absolute atomic E-state index is 11.5. The molecule has 0 aromatic carbocycles. The van der Waals surface area contributed by atoms with Gasteiger partial charge in [-0.05, 0) is 27.7 Å². The maximum Gasteiger partial charge on any atom is 0.413 e. The molecule has 7 heteroatoms. The predicted molar refractivity (Wildman–Crippen MR) is 64.8 cm³/mol. The molecule has 0 aliphatic rings. The lowest BCUT2D eigenvalue weighted by Crippen LogP contribution is -2.28. The topological polar surface area (TPSA) is 93.4 Å². The van der Waals surface area contributed by atoms with Crippen molar-refractivity contribution in [2.45, 2.75) is 33.3 Å². The lowest BCUT2D eigenvalue weighted by molar-refractivity contribution is 0.0635. The highest BCUT2D eigenvalue weighted by atomic mass is 16.6. The molecule has 0 radical (unpaired) electrons. The monoisotopic (exact) mass is 255 g/mol. The summed E-state index contributed by atoms with van der Waals surface area (Å²) in [6, 6.07) is 0. The number of aryl methyl sites for hydroxylation is 1. The third-order valence-electron chi connectivity index (χ3n) is 2.14. The fourth-order valence-electron chi connectivity index (χ4n) is 1.34. The Labute approximate surface area is 105 Å². The normalized spacial score (nSPS) is 11.2. The van der Waals surface area contributed by atoms with E-state index in [2.05, 4.69) is 10.3 Å². The number of anilines is 1. The summed E-state index contributed by atoms with van der Waals surface area (Å²) < 4.78 is 6.42. The summed E-state index contributed by atoms with van der Waals surface area (Å²) in [5, 5.41) is 11.4. The molecule has 0 saturated heterocycles. The predicted octanol–water partition coefficient (Wildman–Crippen LogP) is 1.77. The van der Waals surface area contributed by atoms with Crippen molar-refractivity contribution < 1.29 is 19.4 Å². The highest BCUT2D eigenvalue weighted by Gasteiger charge is 2.23. The molecular weight excluding hydrogens is 238 g/mol. The molecule has 0 atom stereocenters. The van der Waals surface area contributed by atoms with Gasteiger partial charge in [-0.25, -0.2) is 14.6 Å². The number of amides is 1. The lowest BCUT2D eigenvalue weighted by Gasteiger charge is -2.19. The molecule has 1 heterocycles. The smallest absolute Gasteiger partial charge is 0.413 e. The highest BCUT2D eigenvalue weighted by Crippen LogP contribution is 2.17. The highest BCUT2D eigenvalue weighted by molar-refractivity contribution is 5.96. The zero-order valence-electron chi connectivity index (χ0n) is 11.1. The number of imidazole rings is 1. The second-order valence-electron chi connectivity index (χ2n) is 4.85. The van der Waals surface area contributed by atoms with Crippen molar-refractivity contribution in [2.24, 2.45) is 7.05 Å². The first-order valence-electron chi connectivity index (χ1n) is 5.38. The van der Waals surface area contributed by atoms with E-state index in [1.54, 1.807) is 34.7 Å². The van der Waals surface area contributed by atoms with Gasteiger partial charge in [0, 0.05) is 7.05 Å². The van der Waals surface area contributed by atoms with Crippen molar-refractivity contribution >= 4 is 17.9 Å². The molecule has 1 rings (SSSR count). The number of aromatic carboxylic acids is 1. The van der Waals surface area contributed by atoms with E-state index in [1.807, 2.05) is 0 Å². The summed E-state index contributed by atoms with van der Waals surface area (Å²) >= 11 is 0. The molecule has 1 amide bonds. The Kier molecular flexibility index (Phi) is 3.64. The number of carboxylic acid groups (broad SMARTS) is 1. The molecule has 0 bridgehead atoms. The summed E-state index contributed by atoms with van der Waals surface area (Å²) in [5.74, 6) is -0.695. The Hall–Kier alpha value is -2.05. The van der Waals surface area contributed by atoms with E-state index < -0.39 is 17.7 Å². The molecule has 0 fully saturated rings. The van der Waals surface area contributed by atoms with Crippen LogP contribution in [-0.4, -0.2) is 32.3 Å². The van der Waals surface area contributed by atoms with E-state index in [4.69, 9.17) is 9.84 Å². The Bertz CT molecular complexity index is 485. The molecule has 0 aliphatic heterocycles. The average Bonchev–Trinajstić information content (AvgIpc) is 2.38. The second kappa shape index (κ2) is 4.67. The van der Waals surface area contributed by atoms with Crippen LogP contribution in [0, 0.1) is 6.92 Å². The molecule has 1 aromatic rings. The minimum atomic E-state index is -1.16. The summed E-state index contributed by atoms with van der Waals surface area (Å²) in [4.78, 5) is 26.6. The van der Waals surface area contributed by atoms with E-state index in [1.165, 1.54) is 4.57 Å². The SMILES string of the molecule is Cc1nc(NC(=O)OC(C)(C)C)c(C(=O)O)n1C. The van der Waals surface area contributed by atoms with E-state index in [9.17, 15) is 9.59 Å². The first-order chi connectivity index (χ1) is 8.11. The number of nitrogens with zero attached hydrogens (tertiary/aromatic N) is 2. The van der Waals surface area contributed by atoms with Gasteiger partial charge in [-0.3, -0.25) is 5.32 Å². The van der Waals surface area contributed by atoms with Crippen LogP contribution >= 0.6 is 0 Å². The number of hydrogen-bond donors (Lipinski definition) is 2. The molecule has 0 saturated carbocycles. The van der Waals surface area contributed by atoms with Gasteiger partial charge in [0.1, 0.15) is 11.4 Å². The van der Waals surface area contributed by atoms with Crippen LogP contribution in [0.3, 0.4) is 0 Å². The van der Waals surface area contributed by atoms with Crippen molar-refractivity contribution in [1.82, 2.24) is 9.55 Å². The Morgan fingerprint density at radius 1 is 1.39 bits per heavy atom. The van der Waals surface area contributed by atoms with Gasteiger partial charge in [0.25, 0.3) is 0 Å². The summed E-state index contributed by atoms with van der Waals surface area (Å²) in [5.41, 5.74) is -0.740. The van der Waals surface area contributed by atoms with Gasteiger partial charge in [-0.2, -0.15) is 0 Å². The van der Waals surface area contributed by atoms with Crippen LogP contribution in [-0.2, 0) is 11.8 Å². The van der Waals surface area contributed by atoms with Crippen LogP contribution in [0.2, 0.25) is 0 Å². The van der Waals surface area contributed by atoms with Crippen LogP contribution < -0.4 is 5.32 Å². The van der Waals surface area contributed by atoms with Crippen molar-refractivity contribution in [2.75, 3.05) is 5.32 Å². The van der Waals surface area contributed by atoms with Gasteiger partial charge < -0.3 is 14.4 Å². The zero-order chi connectivity index (χ0) is 14.1. The first-order valence-corrected chi connectivity index (χ1v) is 5.38. The maximum atomic E-state index is 11.5. The minimum Gasteiger partial charge on any atom is -0.476 e. The fraction of sp³-hybridized carbons (Fsp3) is 0.545. The van der Waals surface area contributed by atoms with Gasteiger partial charge in [0.05, 0.1) is 0 Å². The molecule has 7 nitrogen and oxygen atoms in total. The van der Waals surface area contributed by atoms with E-state index in [-0.39, 0.29) is 11.5 Å². The summed E-state index contributed by atoms with van der Waals surface area (Å²) in [6.45, 7) is 6.80. The zero-order valence-corrected chi connectivity index (χ0v) is 11.1. The number of carbonyl (C=O) groups excluding carboxylic acids is 1. The van der Waals surface area contributed by atoms with Gasteiger partial charge in [0.15, 0.2) is 11.5 Å². The van der Waals surface area contributed by atoms with Crippen LogP contribution in [0.4, 0.5) is 10.6 Å². The third kappa shape index (κ3) is 3.22. The largest absolute Gasteiger partial charge is 0.476 e. The molecule has 18 heavy (non-hydrogen) atoms. The van der Waals surface area contributed by atoms with Crippen LogP contribution in [0.5, 0.6) is 0 Å². The number of carboxylic acids is 1. The lowest BCUT2D eigenvalue weighted by atomic mass is 10.2. The fourth-order valence-corrected chi connectivity index (χ4v) is 1.34. The van der Waals surface area contributed by atoms with Crippen molar-refractivity contribution in [3.63, 3.8) is 0 Å². The molecule has 2 N–H and O–H groups in total. The number of carbonyl (C=O) groups is 2. The van der Waals surface area contributed by atoms with Crippen LogP contribution in [0.15, 0.2) is 0 Å². The number of rotatable bonds is 2. The standard InChI is InChI=1S/C11H17N3O4/c1-6-12-8(7(9(15)16)14(6)5)13-10(17)18-11(2,3)4/h1-5H3,(H,13,17)(H,15,16). The third-order valence-corrected chi connectivity index (χ3v) is 2.14. The summed E-state index contributed by atoms with van der Waals surface area (Å²) in [7, 11) is 1.56. The van der Waals surface area contributed by atoms with E-state index in [0.29, 0.717) is 5.82 Å². The van der Waals surface area contributed by atoms with Gasteiger partial charge in [0.2, 0.25) is 0 Å². The van der Waals surface area contributed by atoms with E-state index in [0.717, 1.165) is 0 Å². The van der Waals surface area contributed by atoms with Crippen LogP contribution in [0.25, 0.3) is 0 Å². The second-order valence-corrected chi connectivity index (χ2v) is 4.85. The number of ether oxygens (including phenoxy) is 1. The molecule has 0 aliphatic carbocycles. The molecule has 1 aromatic heterocycles. The molecule has 0 spiro atoms. The molecular formula is C11H17N3O4. The van der Waals surface area contributed by atoms with Gasteiger partial charge in [-0.15, -0.1) is 0 Å². The van der Waals surface area contributed by atoms with Crippen molar-refractivity contribution in [1.29, 1.82) is 0 Å². The minimum absolute atomic E-state index is 0.0169. The number of hydrogen-bond acceptors (Lipinski definition) is 4. The average molecular weight is 255 g/mol. The molecule has 100 valence electrons. The van der Waals surface area contributed by atoms with Crippen molar-refractivity contribution in [3.05, 3.63) is 11.5 Å². The molecule has 0 unspecified atom stereocenters. The van der Waals surface area contributed by atoms with Crippen LogP contribution in [0.1, 0.15) is 37.1 Å². The Morgan fingerprint density at radius 2 is 1.94 bits per heavy atom. The number of nitrogens with one attached hydrogen (secondary N) is 1. The summed E-state index contributed by atoms with van der Waals surface area (Å²) in [6.07, 6.45) is -0.733. The quantitative estimate of drug-likeness (QED) is 0.840. The number of aromatic nitrogens is 2. The van der Waals surface area contributed by atoms with Gasteiger partial charge >= 0.3 is 12.1 Å².